The number of Topliss-reactive ketones (excluding diaryl/α,β-unsaturated/α-hetero) is 1. The summed E-state index contributed by atoms with van der Waals surface area (Å²) in [6, 6.07) is 15.7. The molecule has 1 fully saturated rings. The minimum atomic E-state index is -0.802. The Labute approximate surface area is 174 Å². The predicted molar refractivity (Wildman–Crippen MR) is 114 cm³/mol. The molecule has 0 radical (unpaired) electrons. The molecule has 1 amide bonds. The number of nitrogens with two attached hydrogens (primary N) is 1. The van der Waals surface area contributed by atoms with Crippen LogP contribution in [0.5, 0.6) is 0 Å². The minimum Gasteiger partial charge on any atom is -0.442 e. The maximum atomic E-state index is 12.4. The molecule has 0 spiro atoms. The Morgan fingerprint density at radius 3 is 2.63 bits per heavy atom. The molecule has 6 nitrogen and oxygen atoms in total. The van der Waals surface area contributed by atoms with Gasteiger partial charge in [-0.3, -0.25) is 14.7 Å². The summed E-state index contributed by atoms with van der Waals surface area (Å²) in [6.07, 6.45) is 3.34. The third kappa shape index (κ3) is 3.06. The zero-order valence-electron chi connectivity index (χ0n) is 16.5. The van der Waals surface area contributed by atoms with Crippen molar-refractivity contribution < 1.29 is 14.3 Å². The van der Waals surface area contributed by atoms with E-state index in [1.165, 1.54) is 23.6 Å². The van der Waals surface area contributed by atoms with Gasteiger partial charge in [0.25, 0.3) is 0 Å². The van der Waals surface area contributed by atoms with Gasteiger partial charge in [0, 0.05) is 18.1 Å². The minimum absolute atomic E-state index is 0.191. The van der Waals surface area contributed by atoms with Crippen molar-refractivity contribution in [3.63, 3.8) is 0 Å². The van der Waals surface area contributed by atoms with Gasteiger partial charge in [0.2, 0.25) is 0 Å². The number of hydrogen-bond acceptors (Lipinski definition) is 5. The van der Waals surface area contributed by atoms with Crippen LogP contribution in [0.15, 0.2) is 60.9 Å². The van der Waals surface area contributed by atoms with E-state index in [-0.39, 0.29) is 12.3 Å². The van der Waals surface area contributed by atoms with E-state index in [0.29, 0.717) is 0 Å². The Morgan fingerprint density at radius 1 is 1.13 bits per heavy atom. The van der Waals surface area contributed by atoms with E-state index in [9.17, 15) is 9.59 Å². The second-order valence-corrected chi connectivity index (χ2v) is 7.80. The number of anilines is 1. The molecular weight excluding hydrogens is 378 g/mol. The molecule has 2 atom stereocenters. The van der Waals surface area contributed by atoms with Crippen molar-refractivity contribution in [2.45, 2.75) is 25.5 Å². The Balaban J connectivity index is 1.42. The van der Waals surface area contributed by atoms with Crippen molar-refractivity contribution >= 4 is 17.6 Å². The molecule has 5 rings (SSSR count). The first kappa shape index (κ1) is 18.5. The van der Waals surface area contributed by atoms with Crippen LogP contribution in [0.2, 0.25) is 0 Å². The molecule has 3 aromatic rings. The smallest absolute Gasteiger partial charge is 0.414 e. The molecule has 30 heavy (non-hydrogen) atoms. The number of aromatic nitrogens is 1. The topological polar surface area (TPSA) is 85.5 Å². The average molecular weight is 399 g/mol. The lowest BCUT2D eigenvalue weighted by molar-refractivity contribution is -0.120. The number of hydrogen-bond donors (Lipinski definition) is 1. The van der Waals surface area contributed by atoms with Crippen molar-refractivity contribution in [3.8, 4) is 22.3 Å². The number of rotatable bonds is 4. The van der Waals surface area contributed by atoms with Crippen LogP contribution in [0.25, 0.3) is 22.3 Å². The summed E-state index contributed by atoms with van der Waals surface area (Å²) in [7, 11) is 0. The summed E-state index contributed by atoms with van der Waals surface area (Å²) in [5, 5.41) is 0. The number of benzene rings is 2. The first-order valence-corrected chi connectivity index (χ1v) is 9.92. The van der Waals surface area contributed by atoms with Gasteiger partial charge in [-0.15, -0.1) is 0 Å². The van der Waals surface area contributed by atoms with Gasteiger partial charge in [-0.05, 0) is 64.9 Å². The van der Waals surface area contributed by atoms with Gasteiger partial charge >= 0.3 is 6.09 Å². The standard InChI is InChI=1S/C24H21N3O3/c1-14(28)23(25)22-13-27(24(29)30-22)19-5-7-21-18(11-19)10-17-9-15(4-6-20(17)21)16-3-2-8-26-12-16/h2-9,11-12,22-23H,10,13,25H2,1H3/t22-,23?/m0/s1. The quantitative estimate of drug-likeness (QED) is 0.567. The summed E-state index contributed by atoms with van der Waals surface area (Å²) in [4.78, 5) is 29.7. The summed E-state index contributed by atoms with van der Waals surface area (Å²) in [6.45, 7) is 1.68. The van der Waals surface area contributed by atoms with Gasteiger partial charge in [0.05, 0.1) is 6.54 Å². The number of nitrogens with zero attached hydrogens (tertiary/aromatic N) is 2. The van der Waals surface area contributed by atoms with Crippen molar-refractivity contribution in [2.24, 2.45) is 5.73 Å². The zero-order chi connectivity index (χ0) is 20.8. The van der Waals surface area contributed by atoms with Gasteiger partial charge in [-0.2, -0.15) is 0 Å². The van der Waals surface area contributed by atoms with Crippen molar-refractivity contribution in [1.82, 2.24) is 4.98 Å². The Hall–Kier alpha value is -3.51. The Kier molecular flexibility index (Phi) is 4.37. The van der Waals surface area contributed by atoms with Gasteiger partial charge in [-0.25, -0.2) is 4.79 Å². The van der Waals surface area contributed by atoms with Gasteiger partial charge in [0.1, 0.15) is 17.9 Å². The highest BCUT2D eigenvalue weighted by Gasteiger charge is 2.38. The van der Waals surface area contributed by atoms with Crippen LogP contribution >= 0.6 is 0 Å². The molecule has 1 saturated heterocycles. The highest BCUT2D eigenvalue weighted by Crippen LogP contribution is 2.40. The molecule has 1 unspecified atom stereocenters. The second-order valence-electron chi connectivity index (χ2n) is 7.80. The van der Waals surface area contributed by atoms with Crippen LogP contribution in [-0.2, 0) is 16.0 Å². The molecule has 1 aliphatic carbocycles. The molecule has 1 aromatic heterocycles. The van der Waals surface area contributed by atoms with Gasteiger partial charge < -0.3 is 10.5 Å². The molecule has 2 aliphatic rings. The Bertz CT molecular complexity index is 1160. The van der Waals surface area contributed by atoms with Crippen molar-refractivity contribution in [1.29, 1.82) is 0 Å². The van der Waals surface area contributed by atoms with E-state index in [1.807, 2.05) is 30.5 Å². The number of fused-ring (bicyclic) bond motifs is 3. The molecular formula is C24H21N3O3. The fourth-order valence-corrected chi connectivity index (χ4v) is 4.22. The molecule has 2 N–H and O–H groups in total. The van der Waals surface area contributed by atoms with Gasteiger partial charge in [-0.1, -0.05) is 30.3 Å². The third-order valence-corrected chi connectivity index (χ3v) is 5.88. The second kappa shape index (κ2) is 7.07. The largest absolute Gasteiger partial charge is 0.442 e. The van der Waals surface area contributed by atoms with E-state index in [0.717, 1.165) is 28.8 Å². The molecule has 1 aliphatic heterocycles. The zero-order valence-corrected chi connectivity index (χ0v) is 16.5. The maximum Gasteiger partial charge on any atom is 0.414 e. The molecule has 0 bridgehead atoms. The number of pyridine rings is 1. The molecule has 6 heteroatoms. The SMILES string of the molecule is CC(=O)C(N)[C@@H]1CN(c2ccc3c(c2)Cc2cc(-c4cccnc4)ccc2-3)C(=O)O1. The molecule has 2 heterocycles. The number of carbonyl (C=O) groups is 2. The number of carbonyl (C=O) groups excluding carboxylic acids is 2. The lowest BCUT2D eigenvalue weighted by Crippen LogP contribution is -2.43. The van der Waals surface area contributed by atoms with E-state index in [1.54, 1.807) is 11.1 Å². The lowest BCUT2D eigenvalue weighted by Gasteiger charge is -2.16. The third-order valence-electron chi connectivity index (χ3n) is 5.88. The fourth-order valence-electron chi connectivity index (χ4n) is 4.22. The first-order chi connectivity index (χ1) is 14.5. The van der Waals surface area contributed by atoms with E-state index < -0.39 is 18.2 Å². The van der Waals surface area contributed by atoms with Gasteiger partial charge in [0.15, 0.2) is 0 Å². The van der Waals surface area contributed by atoms with E-state index in [2.05, 4.69) is 29.2 Å². The summed E-state index contributed by atoms with van der Waals surface area (Å²) in [5.74, 6) is -0.191. The van der Waals surface area contributed by atoms with Crippen LogP contribution < -0.4 is 10.6 Å². The Morgan fingerprint density at radius 2 is 1.90 bits per heavy atom. The number of amides is 1. The first-order valence-electron chi connectivity index (χ1n) is 9.92. The monoisotopic (exact) mass is 399 g/mol. The lowest BCUT2D eigenvalue weighted by atomic mass is 10.00. The van der Waals surface area contributed by atoms with Crippen molar-refractivity contribution in [3.05, 3.63) is 72.1 Å². The highest BCUT2D eigenvalue weighted by molar-refractivity contribution is 5.92. The summed E-state index contributed by atoms with van der Waals surface area (Å²) >= 11 is 0. The normalized spacial score (nSPS) is 18.0. The summed E-state index contributed by atoms with van der Waals surface area (Å²) < 4.78 is 5.33. The number of ether oxygens (including phenoxy) is 1. The van der Waals surface area contributed by atoms with Crippen LogP contribution in [0.4, 0.5) is 10.5 Å². The van der Waals surface area contributed by atoms with E-state index in [4.69, 9.17) is 10.5 Å². The van der Waals surface area contributed by atoms with Crippen LogP contribution in [0, 0.1) is 0 Å². The average Bonchev–Trinajstić information content (AvgIpc) is 3.32. The predicted octanol–water partition coefficient (Wildman–Crippen LogP) is 3.56. The maximum absolute atomic E-state index is 12.4. The van der Waals surface area contributed by atoms with Crippen molar-refractivity contribution in [2.75, 3.05) is 11.4 Å². The molecule has 0 saturated carbocycles. The summed E-state index contributed by atoms with van der Waals surface area (Å²) in [5.41, 5.74) is 13.7. The van der Waals surface area contributed by atoms with Crippen LogP contribution in [0.1, 0.15) is 18.1 Å². The number of ketones is 1. The fraction of sp³-hybridized carbons (Fsp3) is 0.208. The van der Waals surface area contributed by atoms with E-state index >= 15 is 0 Å². The number of cyclic esters (lactones) is 1. The molecule has 150 valence electrons. The highest BCUT2D eigenvalue weighted by atomic mass is 16.6. The van der Waals surface area contributed by atoms with Crippen LogP contribution in [0.3, 0.4) is 0 Å². The van der Waals surface area contributed by atoms with Crippen LogP contribution in [-0.4, -0.2) is 35.6 Å². The molecule has 2 aromatic carbocycles.